The Morgan fingerprint density at radius 3 is 2.90 bits per heavy atom. The minimum Gasteiger partial charge on any atom is -0.462 e. The fraction of sp³-hybridized carbons (Fsp3) is 0.429. The summed E-state index contributed by atoms with van der Waals surface area (Å²) in [5, 5.41) is 2.79. The van der Waals surface area contributed by atoms with Gasteiger partial charge in [-0.25, -0.2) is 4.79 Å². The summed E-state index contributed by atoms with van der Waals surface area (Å²) < 4.78 is 10.9. The Kier molecular flexibility index (Phi) is 5.14. The molecule has 1 amide bonds. The van der Waals surface area contributed by atoms with Gasteiger partial charge in [-0.3, -0.25) is 4.79 Å². The third kappa shape index (κ3) is 3.58. The van der Waals surface area contributed by atoms with E-state index in [0.29, 0.717) is 28.9 Å². The Bertz CT molecular complexity index is 512. The first kappa shape index (κ1) is 15.0. The van der Waals surface area contributed by atoms with Gasteiger partial charge >= 0.3 is 5.97 Å². The largest absolute Gasteiger partial charge is 0.462 e. The molecule has 1 fully saturated rings. The molecule has 0 unspecified atom stereocenters. The highest BCUT2D eigenvalue weighted by molar-refractivity contribution is 9.10. The summed E-state index contributed by atoms with van der Waals surface area (Å²) in [6.07, 6.45) is 1.26. The van der Waals surface area contributed by atoms with Crippen molar-refractivity contribution in [1.82, 2.24) is 0 Å². The van der Waals surface area contributed by atoms with Crippen LogP contribution in [0.4, 0.5) is 5.69 Å². The highest BCUT2D eigenvalue weighted by Crippen LogP contribution is 2.25. The van der Waals surface area contributed by atoms with Gasteiger partial charge in [0.25, 0.3) is 5.91 Å². The van der Waals surface area contributed by atoms with Gasteiger partial charge in [-0.05, 0) is 53.9 Å². The van der Waals surface area contributed by atoms with E-state index >= 15 is 0 Å². The van der Waals surface area contributed by atoms with Crippen molar-refractivity contribution in [2.75, 3.05) is 18.5 Å². The van der Waals surface area contributed by atoms with Crippen LogP contribution in [0.2, 0.25) is 0 Å². The summed E-state index contributed by atoms with van der Waals surface area (Å²) in [5.41, 5.74) is 1.05. The first-order chi connectivity index (χ1) is 9.61. The number of carbonyl (C=O) groups excluding carboxylic acids is 2. The Balaban J connectivity index is 2.05. The molecule has 1 aromatic rings. The van der Waals surface area contributed by atoms with Gasteiger partial charge in [0, 0.05) is 11.1 Å². The Hall–Kier alpha value is -1.40. The zero-order valence-corrected chi connectivity index (χ0v) is 12.7. The zero-order chi connectivity index (χ0) is 14.5. The predicted molar refractivity (Wildman–Crippen MR) is 77.7 cm³/mol. The van der Waals surface area contributed by atoms with Crippen LogP contribution in [0.5, 0.6) is 0 Å². The van der Waals surface area contributed by atoms with Gasteiger partial charge in [0.1, 0.15) is 6.10 Å². The van der Waals surface area contributed by atoms with Crippen molar-refractivity contribution in [3.8, 4) is 0 Å². The molecule has 1 aromatic carbocycles. The van der Waals surface area contributed by atoms with Gasteiger partial charge in [0.05, 0.1) is 17.9 Å². The van der Waals surface area contributed by atoms with Crippen molar-refractivity contribution < 1.29 is 19.1 Å². The molecule has 0 aliphatic carbocycles. The van der Waals surface area contributed by atoms with Gasteiger partial charge in [0.2, 0.25) is 0 Å². The maximum Gasteiger partial charge on any atom is 0.338 e. The molecule has 20 heavy (non-hydrogen) atoms. The van der Waals surface area contributed by atoms with E-state index in [-0.39, 0.29) is 18.0 Å². The van der Waals surface area contributed by atoms with E-state index in [9.17, 15) is 9.59 Å². The van der Waals surface area contributed by atoms with Crippen molar-refractivity contribution in [2.24, 2.45) is 0 Å². The molecular formula is C14H16BrNO4. The molecular weight excluding hydrogens is 326 g/mol. The third-order valence-corrected chi connectivity index (χ3v) is 3.62. The van der Waals surface area contributed by atoms with Crippen LogP contribution < -0.4 is 5.32 Å². The molecule has 1 aliphatic rings. The lowest BCUT2D eigenvalue weighted by Gasteiger charge is -2.12. The van der Waals surface area contributed by atoms with E-state index < -0.39 is 0 Å². The maximum atomic E-state index is 11.9. The average molecular weight is 342 g/mol. The summed E-state index contributed by atoms with van der Waals surface area (Å²) in [4.78, 5) is 23.5. The summed E-state index contributed by atoms with van der Waals surface area (Å²) in [5.74, 6) is -0.544. The van der Waals surface area contributed by atoms with Gasteiger partial charge < -0.3 is 14.8 Å². The summed E-state index contributed by atoms with van der Waals surface area (Å²) >= 11 is 3.34. The normalized spacial score (nSPS) is 17.8. The van der Waals surface area contributed by atoms with Crippen molar-refractivity contribution in [1.29, 1.82) is 0 Å². The molecule has 0 saturated carbocycles. The van der Waals surface area contributed by atoms with E-state index in [1.807, 2.05) is 0 Å². The number of ether oxygens (including phenoxy) is 2. The highest BCUT2D eigenvalue weighted by atomic mass is 79.9. The van der Waals surface area contributed by atoms with Crippen LogP contribution in [0.1, 0.15) is 30.1 Å². The van der Waals surface area contributed by atoms with Crippen LogP contribution in [0.25, 0.3) is 0 Å². The van der Waals surface area contributed by atoms with E-state index in [0.717, 1.165) is 12.8 Å². The summed E-state index contributed by atoms with van der Waals surface area (Å²) in [6.45, 7) is 2.71. The third-order valence-electron chi connectivity index (χ3n) is 2.96. The molecule has 1 atom stereocenters. The molecule has 5 nitrogen and oxygen atoms in total. The second-order valence-corrected chi connectivity index (χ2v) is 5.26. The molecule has 0 aromatic heterocycles. The number of anilines is 1. The molecule has 0 spiro atoms. The van der Waals surface area contributed by atoms with Crippen LogP contribution in [0.15, 0.2) is 22.7 Å². The van der Waals surface area contributed by atoms with E-state index in [1.165, 1.54) is 0 Å². The molecule has 0 radical (unpaired) electrons. The second kappa shape index (κ2) is 6.85. The van der Waals surface area contributed by atoms with Crippen molar-refractivity contribution in [3.05, 3.63) is 28.2 Å². The monoisotopic (exact) mass is 341 g/mol. The number of hydrogen-bond acceptors (Lipinski definition) is 4. The van der Waals surface area contributed by atoms with Crippen LogP contribution in [-0.2, 0) is 14.3 Å². The summed E-state index contributed by atoms with van der Waals surface area (Å²) in [6, 6.07) is 4.92. The number of carbonyl (C=O) groups is 2. The minimum atomic E-state index is -0.384. The number of nitrogens with one attached hydrogen (secondary N) is 1. The molecule has 1 heterocycles. The Labute approximate surface area is 125 Å². The minimum absolute atomic E-state index is 0.160. The molecule has 1 saturated heterocycles. The fourth-order valence-corrected chi connectivity index (χ4v) is 2.43. The lowest BCUT2D eigenvalue weighted by Crippen LogP contribution is -2.27. The number of rotatable bonds is 4. The maximum absolute atomic E-state index is 11.9. The lowest BCUT2D eigenvalue weighted by atomic mass is 10.2. The molecule has 108 valence electrons. The van der Waals surface area contributed by atoms with Gasteiger partial charge in [-0.2, -0.15) is 0 Å². The first-order valence-electron chi connectivity index (χ1n) is 6.51. The SMILES string of the molecule is CCOC(=O)c1ccc(NC(=O)[C@@H]2CCCO2)c(Br)c1. The zero-order valence-electron chi connectivity index (χ0n) is 11.1. The Morgan fingerprint density at radius 1 is 1.50 bits per heavy atom. The van der Waals surface area contributed by atoms with Crippen LogP contribution in [-0.4, -0.2) is 31.2 Å². The number of hydrogen-bond donors (Lipinski definition) is 1. The van der Waals surface area contributed by atoms with E-state index in [2.05, 4.69) is 21.2 Å². The van der Waals surface area contributed by atoms with E-state index in [4.69, 9.17) is 9.47 Å². The fourth-order valence-electron chi connectivity index (χ4n) is 1.96. The average Bonchev–Trinajstić information content (AvgIpc) is 2.95. The molecule has 1 N–H and O–H groups in total. The number of amides is 1. The van der Waals surface area contributed by atoms with Crippen molar-refractivity contribution in [2.45, 2.75) is 25.9 Å². The standard InChI is InChI=1S/C14H16BrNO4/c1-2-19-14(18)9-5-6-11(10(15)8-9)16-13(17)12-4-3-7-20-12/h5-6,8,12H,2-4,7H2,1H3,(H,16,17)/t12-/m0/s1. The van der Waals surface area contributed by atoms with Crippen molar-refractivity contribution >= 4 is 33.5 Å². The number of benzene rings is 1. The molecule has 2 rings (SSSR count). The second-order valence-electron chi connectivity index (χ2n) is 4.41. The summed E-state index contributed by atoms with van der Waals surface area (Å²) in [7, 11) is 0. The molecule has 6 heteroatoms. The lowest BCUT2D eigenvalue weighted by molar-refractivity contribution is -0.124. The first-order valence-corrected chi connectivity index (χ1v) is 7.30. The Morgan fingerprint density at radius 2 is 2.30 bits per heavy atom. The van der Waals surface area contributed by atoms with E-state index in [1.54, 1.807) is 25.1 Å². The van der Waals surface area contributed by atoms with Crippen LogP contribution >= 0.6 is 15.9 Å². The molecule has 0 bridgehead atoms. The van der Waals surface area contributed by atoms with Crippen molar-refractivity contribution in [3.63, 3.8) is 0 Å². The van der Waals surface area contributed by atoms with Crippen LogP contribution in [0.3, 0.4) is 0 Å². The smallest absolute Gasteiger partial charge is 0.338 e. The predicted octanol–water partition coefficient (Wildman–Crippen LogP) is 2.74. The molecule has 1 aliphatic heterocycles. The van der Waals surface area contributed by atoms with Gasteiger partial charge in [-0.15, -0.1) is 0 Å². The topological polar surface area (TPSA) is 64.6 Å². The van der Waals surface area contributed by atoms with Crippen LogP contribution in [0, 0.1) is 0 Å². The number of halogens is 1. The van der Waals surface area contributed by atoms with Gasteiger partial charge in [0.15, 0.2) is 0 Å². The van der Waals surface area contributed by atoms with Gasteiger partial charge in [-0.1, -0.05) is 0 Å². The highest BCUT2D eigenvalue weighted by Gasteiger charge is 2.24. The number of esters is 1. The quantitative estimate of drug-likeness (QED) is 0.855.